The van der Waals surface area contributed by atoms with Crippen molar-refractivity contribution in [3.8, 4) is 0 Å². The van der Waals surface area contributed by atoms with Gasteiger partial charge in [-0.2, -0.15) is 0 Å². The zero-order chi connectivity index (χ0) is 24.7. The average molecular weight is 559 g/mol. The van der Waals surface area contributed by atoms with Gasteiger partial charge in [-0.1, -0.05) is 132 Å². The molecule has 31 heavy (non-hydrogen) atoms. The van der Waals surface area contributed by atoms with Crippen LogP contribution in [0.4, 0.5) is 0 Å². The van der Waals surface area contributed by atoms with E-state index in [0.717, 1.165) is 0 Å². The summed E-state index contributed by atoms with van der Waals surface area (Å²) in [4.78, 5) is 0. The summed E-state index contributed by atoms with van der Waals surface area (Å²) < 4.78 is 0. The molecule has 2 unspecified atom stereocenters. The van der Waals surface area contributed by atoms with Crippen LogP contribution in [0.2, 0.25) is 0 Å². The Kier molecular flexibility index (Phi) is 15.6. The molecular weight excluding hydrogens is 505 g/mol. The van der Waals surface area contributed by atoms with Crippen molar-refractivity contribution in [3.63, 3.8) is 0 Å². The van der Waals surface area contributed by atoms with Gasteiger partial charge in [0.2, 0.25) is 0 Å². The third-order valence-electron chi connectivity index (χ3n) is 6.29. The van der Waals surface area contributed by atoms with E-state index in [4.69, 9.17) is 0 Å². The van der Waals surface area contributed by atoms with Crippen molar-refractivity contribution in [2.45, 2.75) is 107 Å². The first-order valence-corrected chi connectivity index (χ1v) is 12.5. The van der Waals surface area contributed by atoms with Crippen LogP contribution in [-0.4, -0.2) is 10.3 Å². The van der Waals surface area contributed by atoms with Crippen LogP contribution in [0.3, 0.4) is 0 Å². The molecule has 0 radical (unpaired) electrons. The summed E-state index contributed by atoms with van der Waals surface area (Å²) in [5.74, 6) is 0. The minimum atomic E-state index is 0. The molecule has 0 spiro atoms. The second-order valence-corrected chi connectivity index (χ2v) is 14.3. The minimum Gasteiger partial charge on any atom is -0.126 e. The van der Waals surface area contributed by atoms with Crippen molar-refractivity contribution in [2.24, 2.45) is 21.7 Å². The van der Waals surface area contributed by atoms with E-state index in [1.807, 2.05) is 13.8 Å². The fourth-order valence-electron chi connectivity index (χ4n) is 3.89. The second-order valence-electron chi connectivity index (χ2n) is 12.5. The number of hydrogen-bond acceptors (Lipinski definition) is 0. The van der Waals surface area contributed by atoms with Crippen LogP contribution < -0.4 is 0 Å². The first-order valence-electron chi connectivity index (χ1n) is 11.3. The third kappa shape index (κ3) is 10.5. The molecule has 2 atom stereocenters. The van der Waals surface area contributed by atoms with E-state index in [9.17, 15) is 0 Å². The Bertz CT molecular complexity index is 525. The van der Waals surface area contributed by atoms with Gasteiger partial charge < -0.3 is 0 Å². The molecule has 0 fully saturated rings. The fraction of sp³-hybridized carbons (Fsp3) is 0.714. The van der Waals surface area contributed by atoms with E-state index in [-0.39, 0.29) is 52.4 Å². The second kappa shape index (κ2) is 13.4. The van der Waals surface area contributed by atoms with Gasteiger partial charge in [0.1, 0.15) is 0 Å². The quantitative estimate of drug-likeness (QED) is 0.183. The van der Waals surface area contributed by atoms with E-state index in [2.05, 4.69) is 150 Å². The van der Waals surface area contributed by atoms with Crippen molar-refractivity contribution >= 4 is 18.5 Å². The molecule has 0 aromatic carbocycles. The minimum absolute atomic E-state index is 0. The van der Waals surface area contributed by atoms with Crippen LogP contribution >= 0.6 is 18.5 Å². The Morgan fingerprint density at radius 2 is 0.613 bits per heavy atom. The molecule has 0 rings (SSSR count). The molecule has 0 amide bonds. The zero-order valence-corrected chi connectivity index (χ0v) is 27.0. The SMILES string of the molecule is CC=CC=CC(P)(C(C)(C)C)C(C)(C)C.CC=CC=CC(P)(C(C)(C)C)C(C)(C)C.[Pd]. The third-order valence-corrected chi connectivity index (χ3v) is 10.1. The van der Waals surface area contributed by atoms with Crippen LogP contribution in [-0.2, 0) is 20.4 Å². The molecule has 0 nitrogen and oxygen atoms in total. The van der Waals surface area contributed by atoms with Gasteiger partial charge in [-0.25, -0.2) is 0 Å². The van der Waals surface area contributed by atoms with Crippen LogP contribution in [0.25, 0.3) is 0 Å². The predicted molar refractivity (Wildman–Crippen MR) is 151 cm³/mol. The molecule has 0 aliphatic heterocycles. The monoisotopic (exact) mass is 558 g/mol. The van der Waals surface area contributed by atoms with Crippen LogP contribution in [0.15, 0.2) is 48.6 Å². The zero-order valence-electron chi connectivity index (χ0n) is 23.1. The Labute approximate surface area is 215 Å². The van der Waals surface area contributed by atoms with E-state index in [0.29, 0.717) is 0 Å². The van der Waals surface area contributed by atoms with Crippen molar-refractivity contribution < 1.29 is 20.4 Å². The average Bonchev–Trinajstić information content (AvgIpc) is 2.51. The summed E-state index contributed by atoms with van der Waals surface area (Å²) in [5, 5.41) is 0.221. The molecule has 186 valence electrons. The van der Waals surface area contributed by atoms with Crippen LogP contribution in [0.1, 0.15) is 96.9 Å². The van der Waals surface area contributed by atoms with E-state index in [1.54, 1.807) is 0 Å². The largest absolute Gasteiger partial charge is 0.126 e. The fourth-order valence-corrected chi connectivity index (χ4v) is 4.11. The molecular formula is C28H54P2Pd. The summed E-state index contributed by atoms with van der Waals surface area (Å²) in [6.45, 7) is 31.7. The molecule has 0 heterocycles. The number of allylic oxidation sites excluding steroid dienone is 8. The molecule has 0 aliphatic rings. The first kappa shape index (κ1) is 36.1. The van der Waals surface area contributed by atoms with Crippen molar-refractivity contribution in [3.05, 3.63) is 48.6 Å². The molecule has 0 N–H and O–H groups in total. The molecule has 3 heteroatoms. The maximum Gasteiger partial charge on any atom is 0.0126 e. The first-order chi connectivity index (χ1) is 13.1. The smallest absolute Gasteiger partial charge is 0.0126 e. The Morgan fingerprint density at radius 1 is 0.419 bits per heavy atom. The summed E-state index contributed by atoms with van der Waals surface area (Å²) in [6.07, 6.45) is 17.3. The standard InChI is InChI=1S/2C14H27P.Pd/c2*1-8-9-10-11-14(15,12(2,3)4)13(5,6)7;/h2*8-11H,15H2,1-7H3;. The van der Waals surface area contributed by atoms with Crippen molar-refractivity contribution in [1.82, 2.24) is 0 Å². The molecule has 0 saturated carbocycles. The molecule has 0 bridgehead atoms. The van der Waals surface area contributed by atoms with Gasteiger partial charge in [-0.3, -0.25) is 0 Å². The van der Waals surface area contributed by atoms with E-state index >= 15 is 0 Å². The molecule has 0 saturated heterocycles. The Balaban J connectivity index is -0.000000490. The maximum atomic E-state index is 3.06. The summed E-state index contributed by atoms with van der Waals surface area (Å²) in [5.41, 5.74) is 0.921. The van der Waals surface area contributed by atoms with Gasteiger partial charge in [0.05, 0.1) is 0 Å². The molecule has 0 aromatic rings. The van der Waals surface area contributed by atoms with Crippen molar-refractivity contribution in [2.75, 3.05) is 0 Å². The number of rotatable bonds is 4. The molecule has 0 aliphatic carbocycles. The summed E-state index contributed by atoms with van der Waals surface area (Å²) >= 11 is 0. The van der Waals surface area contributed by atoms with E-state index in [1.165, 1.54) is 0 Å². The van der Waals surface area contributed by atoms with Gasteiger partial charge in [-0.15, -0.1) is 18.5 Å². The van der Waals surface area contributed by atoms with Crippen molar-refractivity contribution in [1.29, 1.82) is 0 Å². The topological polar surface area (TPSA) is 0 Å². The van der Waals surface area contributed by atoms with Gasteiger partial charge in [0, 0.05) is 30.7 Å². The molecule has 0 aromatic heterocycles. The summed E-state index contributed by atoms with van der Waals surface area (Å²) in [6, 6.07) is 0. The number of hydrogen-bond donors (Lipinski definition) is 0. The van der Waals surface area contributed by atoms with Gasteiger partial charge in [-0.05, 0) is 35.5 Å². The van der Waals surface area contributed by atoms with Crippen LogP contribution in [0, 0.1) is 21.7 Å². The predicted octanol–water partition coefficient (Wildman–Crippen LogP) is 9.65. The Hall–Kier alpha value is 0.482. The van der Waals surface area contributed by atoms with Crippen LogP contribution in [0.5, 0.6) is 0 Å². The van der Waals surface area contributed by atoms with Gasteiger partial charge >= 0.3 is 0 Å². The van der Waals surface area contributed by atoms with Gasteiger partial charge in [0.15, 0.2) is 0 Å². The van der Waals surface area contributed by atoms with E-state index < -0.39 is 0 Å². The van der Waals surface area contributed by atoms with Gasteiger partial charge in [0.25, 0.3) is 0 Å². The Morgan fingerprint density at radius 3 is 0.742 bits per heavy atom. The normalized spacial score (nSPS) is 15.0. The maximum absolute atomic E-state index is 3.06. The summed E-state index contributed by atoms with van der Waals surface area (Å²) in [7, 11) is 6.11.